The van der Waals surface area contributed by atoms with Gasteiger partial charge in [-0.05, 0) is 24.1 Å². The van der Waals surface area contributed by atoms with E-state index in [0.717, 1.165) is 29.8 Å². The first-order valence-corrected chi connectivity index (χ1v) is 10.2. The zero-order valence-electron chi connectivity index (χ0n) is 18.6. The number of carbonyl (C=O) groups is 1. The molecule has 10 heteroatoms. The molecule has 0 fully saturated rings. The van der Waals surface area contributed by atoms with Gasteiger partial charge in [-0.2, -0.15) is 5.10 Å². The fourth-order valence-electron chi connectivity index (χ4n) is 3.14. The Morgan fingerprint density at radius 2 is 2.03 bits per heavy atom. The van der Waals surface area contributed by atoms with Gasteiger partial charge in [0.1, 0.15) is 0 Å². The summed E-state index contributed by atoms with van der Waals surface area (Å²) in [5.74, 6) is 11.2. The number of nitrogen functional groups attached to an aromatic ring is 1. The Bertz CT molecular complexity index is 958. The second-order valence-corrected chi connectivity index (χ2v) is 6.91. The Balaban J connectivity index is 0.00000107. The number of nitrogens with two attached hydrogens (primary N) is 2. The summed E-state index contributed by atoms with van der Waals surface area (Å²) >= 11 is 0. The minimum atomic E-state index is -0.462. The van der Waals surface area contributed by atoms with Crippen LogP contribution in [0.25, 0.3) is 11.4 Å². The fraction of sp³-hybridized carbons (Fsp3) is 0.476. The van der Waals surface area contributed by atoms with Crippen LogP contribution in [0.5, 0.6) is 11.6 Å². The smallest absolute Gasteiger partial charge is 0.268 e. The van der Waals surface area contributed by atoms with Gasteiger partial charge in [-0.15, -0.1) is 0 Å². The summed E-state index contributed by atoms with van der Waals surface area (Å²) in [5.41, 5.74) is 4.93. The molecule has 1 aliphatic heterocycles. The lowest BCUT2D eigenvalue weighted by molar-refractivity contribution is 0.0951. The van der Waals surface area contributed by atoms with Crippen LogP contribution in [-0.4, -0.2) is 42.9 Å². The zero-order chi connectivity index (χ0) is 22.8. The molecule has 2 aromatic heterocycles. The Morgan fingerprint density at radius 1 is 1.29 bits per heavy atom. The van der Waals surface area contributed by atoms with Gasteiger partial charge in [0, 0.05) is 32.9 Å². The maximum Gasteiger partial charge on any atom is 0.268 e. The molecule has 0 unspecified atom stereocenters. The van der Waals surface area contributed by atoms with Crippen molar-refractivity contribution in [2.75, 3.05) is 27.4 Å². The molecule has 0 saturated carbocycles. The summed E-state index contributed by atoms with van der Waals surface area (Å²) in [5, 5.41) is 4.04. The standard InChI is InChI=1S/C18H24N6O4.C3H8/c1-26-6-3-7-28-15-8-11-4-5-24-10-12(17(25)23-20)13(22-19)9-14(24)16(11)21-18(15)27-2;1-3-2/h8-10H,3-7,19-20H2,1-2H3,(H,23,25);3H2,1-2H3/b22-13+;. The average Bonchev–Trinajstić information content (AvgIpc) is 2.80. The van der Waals surface area contributed by atoms with Crippen molar-refractivity contribution in [2.45, 2.75) is 39.7 Å². The van der Waals surface area contributed by atoms with Crippen LogP contribution in [0, 0.1) is 0 Å². The van der Waals surface area contributed by atoms with Crippen LogP contribution in [0.1, 0.15) is 42.6 Å². The highest BCUT2D eigenvalue weighted by Gasteiger charge is 2.23. The van der Waals surface area contributed by atoms with Crippen molar-refractivity contribution in [3.8, 4) is 23.0 Å². The first-order valence-electron chi connectivity index (χ1n) is 10.2. The van der Waals surface area contributed by atoms with E-state index in [-0.39, 0.29) is 0 Å². The number of fused-ring (bicyclic) bond motifs is 3. The molecule has 31 heavy (non-hydrogen) atoms. The van der Waals surface area contributed by atoms with Gasteiger partial charge in [-0.3, -0.25) is 10.2 Å². The summed E-state index contributed by atoms with van der Waals surface area (Å²) in [6, 6.07) is 3.66. The third-order valence-corrected chi connectivity index (χ3v) is 4.50. The number of amides is 1. The molecule has 1 aliphatic rings. The first-order chi connectivity index (χ1) is 15.0. The lowest BCUT2D eigenvalue weighted by Gasteiger charge is -2.24. The molecular weight excluding hydrogens is 400 g/mol. The number of hydrazine groups is 1. The summed E-state index contributed by atoms with van der Waals surface area (Å²) in [7, 11) is 3.20. The van der Waals surface area contributed by atoms with E-state index in [0.29, 0.717) is 42.3 Å². The summed E-state index contributed by atoms with van der Waals surface area (Å²) in [6.45, 7) is 6.04. The molecule has 3 heterocycles. The number of aryl methyl sites for hydroxylation is 2. The molecule has 0 spiro atoms. The molecule has 2 aromatic rings. The molecule has 0 aromatic carbocycles. The Labute approximate surface area is 182 Å². The lowest BCUT2D eigenvalue weighted by Crippen LogP contribution is -2.35. The number of carbonyl (C=O) groups excluding carboxylic acids is 1. The third kappa shape index (κ3) is 5.74. The van der Waals surface area contributed by atoms with Crippen molar-refractivity contribution in [2.24, 2.45) is 16.8 Å². The van der Waals surface area contributed by atoms with Crippen LogP contribution in [-0.2, 0) is 17.7 Å². The molecule has 0 atom stereocenters. The number of aromatic nitrogens is 2. The van der Waals surface area contributed by atoms with E-state index in [1.807, 2.05) is 10.6 Å². The number of hydrogen-bond donors (Lipinski definition) is 3. The van der Waals surface area contributed by atoms with Crippen LogP contribution in [0.3, 0.4) is 0 Å². The Hall–Kier alpha value is -3.11. The zero-order valence-corrected chi connectivity index (χ0v) is 18.6. The van der Waals surface area contributed by atoms with E-state index >= 15 is 0 Å². The number of pyridine rings is 2. The van der Waals surface area contributed by atoms with Gasteiger partial charge in [0.15, 0.2) is 5.75 Å². The quantitative estimate of drug-likeness (QED) is 0.259. The molecule has 0 bridgehead atoms. The highest BCUT2D eigenvalue weighted by atomic mass is 16.5. The monoisotopic (exact) mass is 432 g/mol. The van der Waals surface area contributed by atoms with E-state index in [9.17, 15) is 4.79 Å². The minimum absolute atomic E-state index is 0.294. The molecule has 3 rings (SSSR count). The average molecular weight is 433 g/mol. The predicted octanol–water partition coefficient (Wildman–Crippen LogP) is 1.32. The van der Waals surface area contributed by atoms with Crippen molar-refractivity contribution >= 4 is 5.91 Å². The van der Waals surface area contributed by atoms with Gasteiger partial charge in [0.25, 0.3) is 11.8 Å². The van der Waals surface area contributed by atoms with Gasteiger partial charge in [-0.1, -0.05) is 20.3 Å². The van der Waals surface area contributed by atoms with Gasteiger partial charge in [-0.25, -0.2) is 10.8 Å². The van der Waals surface area contributed by atoms with Gasteiger partial charge >= 0.3 is 0 Å². The number of rotatable bonds is 7. The van der Waals surface area contributed by atoms with Crippen LogP contribution >= 0.6 is 0 Å². The molecular formula is C21H32N6O4. The van der Waals surface area contributed by atoms with Gasteiger partial charge in [0.05, 0.1) is 36.0 Å². The normalized spacial score (nSPS) is 12.2. The Kier molecular flexibility index (Phi) is 9.29. The van der Waals surface area contributed by atoms with Crippen molar-refractivity contribution in [1.29, 1.82) is 0 Å². The molecule has 0 radical (unpaired) electrons. The molecule has 0 saturated heterocycles. The van der Waals surface area contributed by atoms with E-state index in [4.69, 9.17) is 25.9 Å². The van der Waals surface area contributed by atoms with Crippen LogP contribution < -0.4 is 31.9 Å². The molecule has 0 aliphatic carbocycles. The summed E-state index contributed by atoms with van der Waals surface area (Å²) < 4.78 is 18.2. The van der Waals surface area contributed by atoms with Crippen LogP contribution in [0.4, 0.5) is 0 Å². The molecule has 5 N–H and O–H groups in total. The molecule has 10 nitrogen and oxygen atoms in total. The highest BCUT2D eigenvalue weighted by Crippen LogP contribution is 2.35. The Morgan fingerprint density at radius 3 is 2.65 bits per heavy atom. The fourth-order valence-corrected chi connectivity index (χ4v) is 3.14. The van der Waals surface area contributed by atoms with Gasteiger partial charge in [0.2, 0.25) is 0 Å². The molecule has 170 valence electrons. The van der Waals surface area contributed by atoms with E-state index in [1.165, 1.54) is 6.42 Å². The van der Waals surface area contributed by atoms with E-state index < -0.39 is 5.91 Å². The third-order valence-electron chi connectivity index (χ3n) is 4.50. The maximum absolute atomic E-state index is 12.0. The number of methoxy groups -OCH3 is 2. The van der Waals surface area contributed by atoms with E-state index in [2.05, 4.69) is 29.4 Å². The lowest BCUT2D eigenvalue weighted by atomic mass is 10.0. The van der Waals surface area contributed by atoms with Crippen LogP contribution in [0.2, 0.25) is 0 Å². The number of nitrogens with one attached hydrogen (secondary N) is 1. The van der Waals surface area contributed by atoms with Crippen molar-refractivity contribution in [1.82, 2.24) is 15.0 Å². The number of hydrogen-bond acceptors (Lipinski definition) is 8. The second kappa shape index (κ2) is 11.9. The highest BCUT2D eigenvalue weighted by molar-refractivity contribution is 5.93. The first kappa shape index (κ1) is 24.2. The summed E-state index contributed by atoms with van der Waals surface area (Å²) in [6.07, 6.45) is 4.42. The maximum atomic E-state index is 12.0. The van der Waals surface area contributed by atoms with Gasteiger partial charge < -0.3 is 24.6 Å². The number of ether oxygens (including phenoxy) is 3. The van der Waals surface area contributed by atoms with Crippen molar-refractivity contribution in [3.63, 3.8) is 0 Å². The predicted molar refractivity (Wildman–Crippen MR) is 117 cm³/mol. The SMILES string of the molecule is CCC.COCCCOc1cc2c(nc1OC)-c1c/c(=N\N)c(C(=O)NN)cn1CC2. The largest absolute Gasteiger partial charge is 0.488 e. The molecule has 1 amide bonds. The van der Waals surface area contributed by atoms with Crippen molar-refractivity contribution < 1.29 is 19.0 Å². The summed E-state index contributed by atoms with van der Waals surface area (Å²) in [4.78, 5) is 16.6. The van der Waals surface area contributed by atoms with E-state index in [1.54, 1.807) is 26.5 Å². The van der Waals surface area contributed by atoms with Crippen molar-refractivity contribution in [3.05, 3.63) is 34.8 Å². The number of nitrogens with zero attached hydrogens (tertiary/aromatic N) is 3. The minimum Gasteiger partial charge on any atom is -0.488 e. The second-order valence-electron chi connectivity index (χ2n) is 6.91. The van der Waals surface area contributed by atoms with Crippen LogP contribution in [0.15, 0.2) is 23.4 Å². The topological polar surface area (TPSA) is 139 Å².